The molecular weight excluding hydrogens is 110 g/mol. The normalized spacial score (nSPS) is 17.6. The molecule has 4 heteroatoms. The number of hydrogen-bond donors (Lipinski definition) is 1. The highest BCUT2D eigenvalue weighted by molar-refractivity contribution is 5.06. The van der Waals surface area contributed by atoms with Gasteiger partial charge in [-0.15, -0.1) is 0 Å². The van der Waals surface area contributed by atoms with E-state index in [4.69, 9.17) is 5.11 Å². The summed E-state index contributed by atoms with van der Waals surface area (Å²) in [5.41, 5.74) is 0. The zero-order valence-corrected chi connectivity index (χ0v) is 3.94. The highest BCUT2D eigenvalue weighted by Crippen LogP contribution is 2.04. The molecule has 0 radical (unpaired) electrons. The summed E-state index contributed by atoms with van der Waals surface area (Å²) in [5, 5.41) is 18.6. The van der Waals surface area contributed by atoms with Gasteiger partial charge in [-0.05, 0) is 6.08 Å². The molecule has 0 fully saturated rings. The van der Waals surface area contributed by atoms with Crippen LogP contribution in [0.1, 0.15) is 0 Å². The van der Waals surface area contributed by atoms with Gasteiger partial charge in [-0.1, -0.05) is 0 Å². The molecule has 0 atom stereocenters. The lowest BCUT2D eigenvalue weighted by atomic mass is 10.5. The van der Waals surface area contributed by atoms with E-state index >= 15 is 0 Å². The first kappa shape index (κ1) is 4.99. The lowest BCUT2D eigenvalue weighted by Crippen LogP contribution is -2.14. The van der Waals surface area contributed by atoms with E-state index in [1.54, 1.807) is 0 Å². The van der Waals surface area contributed by atoms with E-state index in [0.717, 1.165) is 0 Å². The Bertz CT molecular complexity index is 140. The van der Waals surface area contributed by atoms with Crippen LogP contribution in [0.5, 0.6) is 0 Å². The van der Waals surface area contributed by atoms with E-state index in [2.05, 4.69) is 4.84 Å². The fraction of sp³-hybridized carbons (Fsp3) is 0. The number of hydrogen-bond acceptors (Lipinski definition) is 4. The fourth-order valence-electron chi connectivity index (χ4n) is 0.331. The van der Waals surface area contributed by atoms with Crippen LogP contribution >= 0.6 is 0 Å². The predicted octanol–water partition coefficient (Wildman–Crippen LogP) is 0.644. The van der Waals surface area contributed by atoms with Crippen LogP contribution in [0.3, 0.4) is 0 Å². The quantitative estimate of drug-likeness (QED) is 0.502. The number of aliphatic hydroxyl groups excluding tert-OH is 1. The number of rotatable bonds is 0. The Kier molecular flexibility index (Phi) is 1.09. The molecule has 0 spiro atoms. The van der Waals surface area contributed by atoms with Crippen LogP contribution in [-0.2, 0) is 4.84 Å². The third-order valence-corrected chi connectivity index (χ3v) is 0.668. The van der Waals surface area contributed by atoms with E-state index in [0.29, 0.717) is 0 Å². The molecule has 1 rings (SSSR count). The molecule has 0 aromatic carbocycles. The summed E-state index contributed by atoms with van der Waals surface area (Å²) < 4.78 is 0. The topological polar surface area (TPSA) is 55.8 Å². The maximum Gasteiger partial charge on any atom is 0.210 e. The molecule has 1 aliphatic rings. The van der Waals surface area contributed by atoms with Gasteiger partial charge in [0.15, 0.2) is 0 Å². The molecule has 0 aliphatic carbocycles. The van der Waals surface area contributed by atoms with Gasteiger partial charge in [0.1, 0.15) is 6.26 Å². The van der Waals surface area contributed by atoms with Gasteiger partial charge >= 0.3 is 0 Å². The van der Waals surface area contributed by atoms with Crippen LogP contribution in [0.25, 0.3) is 0 Å². The summed E-state index contributed by atoms with van der Waals surface area (Å²) in [5.74, 6) is -0.437. The first-order valence-corrected chi connectivity index (χ1v) is 2.00. The van der Waals surface area contributed by atoms with Crippen LogP contribution in [0.15, 0.2) is 24.3 Å². The number of nitrogens with zero attached hydrogens (tertiary/aromatic N) is 1. The first-order chi connectivity index (χ1) is 3.80. The van der Waals surface area contributed by atoms with Crippen molar-refractivity contribution < 1.29 is 9.94 Å². The van der Waals surface area contributed by atoms with Crippen LogP contribution in [0, 0.1) is 5.21 Å². The number of hydroxylamine groups is 2. The van der Waals surface area contributed by atoms with Crippen molar-refractivity contribution in [3.63, 3.8) is 0 Å². The second-order valence-corrected chi connectivity index (χ2v) is 1.22. The standard InChI is InChI=1S/C4H4NO3/c6-4-2-1-3-8-5(4)7/h1-3,6H/q-1. The molecule has 1 aliphatic heterocycles. The van der Waals surface area contributed by atoms with Gasteiger partial charge in [-0.2, -0.15) is 0 Å². The molecule has 8 heavy (non-hydrogen) atoms. The van der Waals surface area contributed by atoms with E-state index < -0.39 is 5.88 Å². The maximum absolute atomic E-state index is 10.1. The van der Waals surface area contributed by atoms with Gasteiger partial charge in [-0.3, -0.25) is 0 Å². The molecule has 0 bridgehead atoms. The van der Waals surface area contributed by atoms with Crippen molar-refractivity contribution in [3.05, 3.63) is 29.5 Å². The molecule has 0 saturated heterocycles. The second kappa shape index (κ2) is 1.75. The van der Waals surface area contributed by atoms with Crippen molar-refractivity contribution in [2.45, 2.75) is 0 Å². The molecule has 44 valence electrons. The molecule has 0 aromatic heterocycles. The van der Waals surface area contributed by atoms with Gasteiger partial charge in [0, 0.05) is 6.08 Å². The molecule has 0 saturated carbocycles. The summed E-state index contributed by atoms with van der Waals surface area (Å²) in [6.45, 7) is 0. The van der Waals surface area contributed by atoms with E-state index in [-0.39, 0.29) is 5.23 Å². The zero-order chi connectivity index (χ0) is 5.98. The van der Waals surface area contributed by atoms with Gasteiger partial charge in [0.05, 0.1) is 0 Å². The molecule has 1 N–H and O–H groups in total. The Labute approximate surface area is 45.8 Å². The molecule has 0 unspecified atom stereocenters. The van der Waals surface area contributed by atoms with E-state index in [9.17, 15) is 5.21 Å². The average Bonchev–Trinajstić information content (AvgIpc) is 1.77. The average molecular weight is 114 g/mol. The summed E-state index contributed by atoms with van der Waals surface area (Å²) in [6, 6.07) is 0. The Morgan fingerprint density at radius 2 is 2.50 bits per heavy atom. The van der Waals surface area contributed by atoms with Crippen molar-refractivity contribution in [2.75, 3.05) is 0 Å². The second-order valence-electron chi connectivity index (χ2n) is 1.22. The van der Waals surface area contributed by atoms with Crippen molar-refractivity contribution in [3.8, 4) is 0 Å². The van der Waals surface area contributed by atoms with Crippen molar-refractivity contribution >= 4 is 0 Å². The molecule has 1 heterocycles. The smallest absolute Gasteiger partial charge is 0.210 e. The highest BCUT2D eigenvalue weighted by atomic mass is 16.9. The molecule has 0 aromatic rings. The van der Waals surface area contributed by atoms with Crippen LogP contribution in [0.2, 0.25) is 0 Å². The molecule has 4 nitrogen and oxygen atoms in total. The van der Waals surface area contributed by atoms with Gasteiger partial charge < -0.3 is 15.2 Å². The van der Waals surface area contributed by atoms with Crippen molar-refractivity contribution in [1.82, 2.24) is 5.23 Å². The van der Waals surface area contributed by atoms with E-state index in [1.165, 1.54) is 18.4 Å². The third kappa shape index (κ3) is 0.737. The summed E-state index contributed by atoms with van der Waals surface area (Å²) in [7, 11) is 0. The highest BCUT2D eigenvalue weighted by Gasteiger charge is 1.95. The van der Waals surface area contributed by atoms with Crippen LogP contribution in [0.4, 0.5) is 0 Å². The van der Waals surface area contributed by atoms with E-state index in [1.807, 2.05) is 0 Å². The largest absolute Gasteiger partial charge is 0.721 e. The minimum absolute atomic E-state index is 0.0139. The lowest BCUT2D eigenvalue weighted by molar-refractivity contribution is -0.0643. The maximum atomic E-state index is 10.1. The Balaban J connectivity index is 2.66. The SMILES string of the molecule is [O-]N1OC=CC=C1O. The van der Waals surface area contributed by atoms with Crippen molar-refractivity contribution in [2.24, 2.45) is 0 Å². The Hall–Kier alpha value is -1.16. The first-order valence-electron chi connectivity index (χ1n) is 2.00. The molecular formula is C4H4NO3-. The van der Waals surface area contributed by atoms with Gasteiger partial charge in [0.25, 0.3) is 0 Å². The Morgan fingerprint density at radius 1 is 1.75 bits per heavy atom. The zero-order valence-electron chi connectivity index (χ0n) is 3.94. The molecule has 0 amide bonds. The summed E-state index contributed by atoms with van der Waals surface area (Å²) >= 11 is 0. The van der Waals surface area contributed by atoms with Gasteiger partial charge in [0.2, 0.25) is 5.88 Å². The Morgan fingerprint density at radius 3 is 2.88 bits per heavy atom. The summed E-state index contributed by atoms with van der Waals surface area (Å²) in [4.78, 5) is 4.17. The predicted molar refractivity (Wildman–Crippen MR) is 26.1 cm³/mol. The minimum Gasteiger partial charge on any atom is -0.721 e. The minimum atomic E-state index is -0.437. The lowest BCUT2D eigenvalue weighted by Gasteiger charge is -2.27. The van der Waals surface area contributed by atoms with Crippen LogP contribution in [-0.4, -0.2) is 10.3 Å². The number of allylic oxidation sites excluding steroid dienone is 2. The van der Waals surface area contributed by atoms with Crippen molar-refractivity contribution in [1.29, 1.82) is 0 Å². The van der Waals surface area contributed by atoms with Crippen LogP contribution < -0.4 is 0 Å². The fourth-order valence-corrected chi connectivity index (χ4v) is 0.331. The summed E-state index contributed by atoms with van der Waals surface area (Å²) in [6.07, 6.45) is 3.83. The monoisotopic (exact) mass is 114 g/mol. The third-order valence-electron chi connectivity index (χ3n) is 0.668. The van der Waals surface area contributed by atoms with Gasteiger partial charge in [-0.25, -0.2) is 5.23 Å². The number of aliphatic hydroxyl groups is 1.